The highest BCUT2D eigenvalue weighted by Gasteiger charge is 2.29. The minimum absolute atomic E-state index is 0.846. The largest absolute Gasteiger partial charge is 0.357 e. The second-order valence-electron chi connectivity index (χ2n) is 9.93. The molecule has 3 fully saturated rings. The molecular formula is C25H35N7. The highest BCUT2D eigenvalue weighted by Crippen LogP contribution is 2.27. The van der Waals surface area contributed by atoms with E-state index in [1.165, 1.54) is 48.9 Å². The van der Waals surface area contributed by atoms with Crippen molar-refractivity contribution >= 4 is 11.8 Å². The molecule has 2 aromatic rings. The van der Waals surface area contributed by atoms with Crippen LogP contribution in [-0.2, 0) is 19.5 Å². The molecule has 170 valence electrons. The summed E-state index contributed by atoms with van der Waals surface area (Å²) in [7, 11) is 0. The Hall–Kier alpha value is -2.25. The van der Waals surface area contributed by atoms with Crippen LogP contribution in [0.15, 0.2) is 24.5 Å². The molecule has 0 aromatic carbocycles. The number of hydrogen-bond acceptors (Lipinski definition) is 7. The maximum absolute atomic E-state index is 4.99. The van der Waals surface area contributed by atoms with Crippen molar-refractivity contribution < 1.29 is 0 Å². The molecule has 7 heteroatoms. The molecule has 3 aliphatic heterocycles. The average molecular weight is 434 g/mol. The minimum atomic E-state index is 0.846. The van der Waals surface area contributed by atoms with Crippen LogP contribution in [0.3, 0.4) is 0 Å². The highest BCUT2D eigenvalue weighted by molar-refractivity contribution is 5.40. The number of aromatic nitrogens is 3. The summed E-state index contributed by atoms with van der Waals surface area (Å²) in [5.74, 6) is 2.07. The number of piperazine rings is 1. The van der Waals surface area contributed by atoms with Crippen molar-refractivity contribution in [3.63, 3.8) is 0 Å². The molecule has 0 atom stereocenters. The Morgan fingerprint density at radius 3 is 2.38 bits per heavy atom. The molecule has 0 radical (unpaired) electrons. The average Bonchev–Trinajstić information content (AvgIpc) is 3.34. The maximum atomic E-state index is 4.99. The van der Waals surface area contributed by atoms with Gasteiger partial charge in [0.2, 0.25) is 5.95 Å². The van der Waals surface area contributed by atoms with Gasteiger partial charge in [0.25, 0.3) is 0 Å². The van der Waals surface area contributed by atoms with E-state index in [0.717, 1.165) is 83.1 Å². The first-order chi connectivity index (χ1) is 15.8. The van der Waals surface area contributed by atoms with Gasteiger partial charge in [0.15, 0.2) is 0 Å². The Labute approximate surface area is 191 Å². The van der Waals surface area contributed by atoms with Crippen molar-refractivity contribution in [1.82, 2.24) is 24.8 Å². The van der Waals surface area contributed by atoms with Crippen LogP contribution >= 0.6 is 0 Å². The van der Waals surface area contributed by atoms with Gasteiger partial charge in [0, 0.05) is 89.3 Å². The van der Waals surface area contributed by atoms with Gasteiger partial charge in [-0.3, -0.25) is 9.80 Å². The molecule has 6 rings (SSSR count). The van der Waals surface area contributed by atoms with E-state index in [1.807, 2.05) is 0 Å². The van der Waals surface area contributed by atoms with E-state index in [9.17, 15) is 0 Å². The molecular weight excluding hydrogens is 398 g/mol. The van der Waals surface area contributed by atoms with Crippen LogP contribution in [0.2, 0.25) is 0 Å². The predicted octanol–water partition coefficient (Wildman–Crippen LogP) is 2.70. The Kier molecular flexibility index (Phi) is 5.69. The Morgan fingerprint density at radius 2 is 1.66 bits per heavy atom. The van der Waals surface area contributed by atoms with E-state index in [1.54, 1.807) is 0 Å². The number of anilines is 2. The first-order valence-electron chi connectivity index (χ1n) is 12.6. The molecule has 4 aliphatic rings. The van der Waals surface area contributed by atoms with Crippen LogP contribution < -0.4 is 9.80 Å². The lowest BCUT2D eigenvalue weighted by atomic mass is 9.91. The normalized spacial score (nSPS) is 22.8. The van der Waals surface area contributed by atoms with Gasteiger partial charge in [0.05, 0.1) is 5.69 Å². The van der Waals surface area contributed by atoms with Crippen LogP contribution in [0.25, 0.3) is 0 Å². The van der Waals surface area contributed by atoms with E-state index in [-0.39, 0.29) is 0 Å². The molecule has 1 aliphatic carbocycles. The fourth-order valence-electron chi connectivity index (χ4n) is 5.59. The number of fused-ring (bicyclic) bond motifs is 1. The lowest BCUT2D eigenvalue weighted by Crippen LogP contribution is -2.52. The van der Waals surface area contributed by atoms with Gasteiger partial charge in [-0.25, -0.2) is 15.0 Å². The van der Waals surface area contributed by atoms with Crippen molar-refractivity contribution in [1.29, 1.82) is 0 Å². The predicted molar refractivity (Wildman–Crippen MR) is 127 cm³/mol. The lowest BCUT2D eigenvalue weighted by molar-refractivity contribution is 0.120. The van der Waals surface area contributed by atoms with Crippen LogP contribution in [0.1, 0.15) is 48.9 Å². The Bertz CT molecular complexity index is 912. The van der Waals surface area contributed by atoms with Gasteiger partial charge in [-0.1, -0.05) is 12.5 Å². The number of pyridine rings is 1. The summed E-state index contributed by atoms with van der Waals surface area (Å²) in [4.78, 5) is 24.4. The zero-order valence-corrected chi connectivity index (χ0v) is 19.1. The number of hydrogen-bond donors (Lipinski definition) is 0. The van der Waals surface area contributed by atoms with Crippen LogP contribution in [-0.4, -0.2) is 76.6 Å². The second-order valence-corrected chi connectivity index (χ2v) is 9.93. The quantitative estimate of drug-likeness (QED) is 0.719. The van der Waals surface area contributed by atoms with E-state index < -0.39 is 0 Å². The highest BCUT2D eigenvalue weighted by atomic mass is 15.3. The van der Waals surface area contributed by atoms with Crippen molar-refractivity contribution in [2.75, 3.05) is 55.6 Å². The Balaban J connectivity index is 1.05. The Morgan fingerprint density at radius 1 is 0.812 bits per heavy atom. The van der Waals surface area contributed by atoms with Gasteiger partial charge in [-0.05, 0) is 37.3 Å². The minimum Gasteiger partial charge on any atom is -0.357 e. The van der Waals surface area contributed by atoms with E-state index >= 15 is 0 Å². The first kappa shape index (κ1) is 20.4. The summed E-state index contributed by atoms with van der Waals surface area (Å²) in [6.45, 7) is 9.64. The molecule has 0 spiro atoms. The third-order valence-electron chi connectivity index (χ3n) is 7.83. The van der Waals surface area contributed by atoms with E-state index in [4.69, 9.17) is 15.0 Å². The SMILES string of the molecule is c1cc(N2CCCC2)ncc1CN1CCc2nc(N3CCN(C4CCC4)CC3)ncc2C1. The van der Waals surface area contributed by atoms with Crippen LogP contribution in [0.5, 0.6) is 0 Å². The van der Waals surface area contributed by atoms with Gasteiger partial charge in [0.1, 0.15) is 5.82 Å². The molecule has 0 N–H and O–H groups in total. The molecule has 5 heterocycles. The van der Waals surface area contributed by atoms with Gasteiger partial charge < -0.3 is 9.80 Å². The summed E-state index contributed by atoms with van der Waals surface area (Å²) >= 11 is 0. The summed E-state index contributed by atoms with van der Waals surface area (Å²) < 4.78 is 0. The molecule has 0 amide bonds. The summed E-state index contributed by atoms with van der Waals surface area (Å²) in [5.41, 5.74) is 3.82. The number of nitrogens with zero attached hydrogens (tertiary/aromatic N) is 7. The summed E-state index contributed by atoms with van der Waals surface area (Å²) in [5, 5.41) is 0. The molecule has 1 saturated carbocycles. The van der Waals surface area contributed by atoms with Crippen molar-refractivity contribution in [2.45, 2.75) is 57.7 Å². The van der Waals surface area contributed by atoms with Crippen molar-refractivity contribution in [2.24, 2.45) is 0 Å². The first-order valence-corrected chi connectivity index (χ1v) is 12.6. The van der Waals surface area contributed by atoms with Gasteiger partial charge in [-0.15, -0.1) is 0 Å². The molecule has 32 heavy (non-hydrogen) atoms. The second kappa shape index (κ2) is 8.94. The smallest absolute Gasteiger partial charge is 0.225 e. The summed E-state index contributed by atoms with van der Waals surface area (Å²) in [6, 6.07) is 5.29. The molecule has 2 saturated heterocycles. The molecule has 7 nitrogen and oxygen atoms in total. The zero-order valence-electron chi connectivity index (χ0n) is 19.1. The topological polar surface area (TPSA) is 51.6 Å². The van der Waals surface area contributed by atoms with Gasteiger partial charge >= 0.3 is 0 Å². The molecule has 0 bridgehead atoms. The fraction of sp³-hybridized carbons (Fsp3) is 0.640. The standard InChI is InChI=1S/C25H35N7/c1-2-10-31(9-1)24-7-6-20(16-26-24)18-29-11-8-23-21(19-29)17-27-25(28-23)32-14-12-30(13-15-32)22-4-3-5-22/h6-7,16-17,22H,1-5,8-15,18-19H2. The molecule has 0 unspecified atom stereocenters. The lowest BCUT2D eigenvalue weighted by Gasteiger charge is -2.43. The third kappa shape index (κ3) is 4.20. The van der Waals surface area contributed by atoms with E-state index in [0.29, 0.717) is 0 Å². The van der Waals surface area contributed by atoms with Crippen molar-refractivity contribution in [3.8, 4) is 0 Å². The zero-order chi connectivity index (χ0) is 21.3. The fourth-order valence-corrected chi connectivity index (χ4v) is 5.59. The van der Waals surface area contributed by atoms with E-state index in [2.05, 4.69) is 44.1 Å². The van der Waals surface area contributed by atoms with Crippen molar-refractivity contribution in [3.05, 3.63) is 41.3 Å². The third-order valence-corrected chi connectivity index (χ3v) is 7.83. The summed E-state index contributed by atoms with van der Waals surface area (Å²) in [6.07, 6.45) is 11.9. The number of rotatable bonds is 5. The monoisotopic (exact) mass is 433 g/mol. The van der Waals surface area contributed by atoms with Crippen LogP contribution in [0, 0.1) is 0 Å². The van der Waals surface area contributed by atoms with Crippen LogP contribution in [0.4, 0.5) is 11.8 Å². The van der Waals surface area contributed by atoms with Gasteiger partial charge in [-0.2, -0.15) is 0 Å². The maximum Gasteiger partial charge on any atom is 0.225 e. The molecule has 2 aromatic heterocycles.